The van der Waals surface area contributed by atoms with Gasteiger partial charge in [-0.15, -0.1) is 0 Å². The number of nitrogens with zero attached hydrogens (tertiary/aromatic N) is 1. The second-order valence-corrected chi connectivity index (χ2v) is 15.9. The summed E-state index contributed by atoms with van der Waals surface area (Å²) in [5.41, 5.74) is 13.4. The highest BCUT2D eigenvalue weighted by Gasteiger charge is 2.32. The summed E-state index contributed by atoms with van der Waals surface area (Å²) in [5, 5.41) is 7.35. The minimum atomic E-state index is -0.318. The maximum atomic E-state index is 6.42. The highest BCUT2D eigenvalue weighted by molar-refractivity contribution is 6.09. The fourth-order valence-electron chi connectivity index (χ4n) is 9.21. The van der Waals surface area contributed by atoms with Crippen molar-refractivity contribution in [3.05, 3.63) is 224 Å². The third kappa shape index (κ3) is 6.13. The summed E-state index contributed by atoms with van der Waals surface area (Å²) < 4.78 is 6.42. The van der Waals surface area contributed by atoms with Gasteiger partial charge in [-0.2, -0.15) is 0 Å². The van der Waals surface area contributed by atoms with E-state index < -0.39 is 0 Å². The van der Waals surface area contributed by atoms with Crippen LogP contribution in [0.4, 0.5) is 11.4 Å². The molecule has 0 saturated carbocycles. The lowest BCUT2D eigenvalue weighted by Crippen LogP contribution is -2.42. The predicted octanol–water partition coefficient (Wildman–Crippen LogP) is 15.8. The molecule has 1 aliphatic carbocycles. The van der Waals surface area contributed by atoms with E-state index in [1.807, 2.05) is 12.1 Å². The van der Waals surface area contributed by atoms with Crippen LogP contribution >= 0.6 is 0 Å². The summed E-state index contributed by atoms with van der Waals surface area (Å²) in [6, 6.07) is 72.2. The van der Waals surface area contributed by atoms with Crippen LogP contribution in [0.1, 0.15) is 18.9 Å². The Labute approximate surface area is 344 Å². The molecule has 0 saturated heterocycles. The van der Waals surface area contributed by atoms with Crippen molar-refractivity contribution in [2.45, 2.75) is 18.9 Å². The standard InChI is InChI=1S/C57H41NO/c1-57(36-34-43(35-37-57)51-22-10-15-41-13-3-5-19-49(41)51)58(47-32-28-42(29-33-47)50-21-9-14-40-12-2-4-18-48(40)50)46-30-26-39(27-31-46)44-16-8-17-45(38-44)52-23-11-24-54-53-20-6-7-25-55(53)59-56(52)54/h2-36,38H,37H2,1H3. The molecule has 1 heterocycles. The third-order valence-corrected chi connectivity index (χ3v) is 12.2. The molecule has 1 aliphatic rings. The molecule has 0 aliphatic heterocycles. The molecule has 0 N–H and O–H groups in total. The van der Waals surface area contributed by atoms with Crippen molar-refractivity contribution in [2.24, 2.45) is 0 Å². The molecule has 0 spiro atoms. The summed E-state index contributed by atoms with van der Waals surface area (Å²) in [4.78, 5) is 2.51. The smallest absolute Gasteiger partial charge is 0.143 e. The molecular weight excluding hydrogens is 715 g/mol. The number of benzene rings is 9. The van der Waals surface area contributed by atoms with E-state index in [2.05, 4.69) is 218 Å². The second kappa shape index (κ2) is 14.2. The number of hydrogen-bond donors (Lipinski definition) is 0. The van der Waals surface area contributed by atoms with E-state index >= 15 is 0 Å². The highest BCUT2D eigenvalue weighted by Crippen LogP contribution is 2.43. The second-order valence-electron chi connectivity index (χ2n) is 15.9. The number of para-hydroxylation sites is 2. The van der Waals surface area contributed by atoms with E-state index in [0.717, 1.165) is 50.9 Å². The van der Waals surface area contributed by atoms with E-state index in [4.69, 9.17) is 4.42 Å². The van der Waals surface area contributed by atoms with Crippen LogP contribution in [0.2, 0.25) is 0 Å². The molecule has 0 radical (unpaired) electrons. The van der Waals surface area contributed by atoms with Gasteiger partial charge in [-0.3, -0.25) is 0 Å². The van der Waals surface area contributed by atoms with Gasteiger partial charge >= 0.3 is 0 Å². The molecule has 59 heavy (non-hydrogen) atoms. The Kier molecular flexibility index (Phi) is 8.37. The normalized spacial score (nSPS) is 15.2. The third-order valence-electron chi connectivity index (χ3n) is 12.2. The van der Waals surface area contributed by atoms with Crippen molar-refractivity contribution in [2.75, 3.05) is 4.90 Å². The van der Waals surface area contributed by atoms with Crippen molar-refractivity contribution in [1.82, 2.24) is 0 Å². The van der Waals surface area contributed by atoms with Crippen LogP contribution in [0.3, 0.4) is 0 Å². The van der Waals surface area contributed by atoms with E-state index in [1.54, 1.807) is 0 Å². The van der Waals surface area contributed by atoms with Gasteiger partial charge in [0.25, 0.3) is 0 Å². The molecular formula is C57H41NO. The van der Waals surface area contributed by atoms with Gasteiger partial charge < -0.3 is 9.32 Å². The Hall–Kier alpha value is -7.42. The average molecular weight is 756 g/mol. The SMILES string of the molecule is CC1(N(c2ccc(-c3cccc(-c4cccc5c4oc4ccccc45)c3)cc2)c2ccc(-c3cccc4ccccc34)cc2)C=CC(c2cccc3ccccc23)=CC1. The van der Waals surface area contributed by atoms with Crippen LogP contribution < -0.4 is 4.90 Å². The molecule has 0 bridgehead atoms. The summed E-state index contributed by atoms with van der Waals surface area (Å²) >= 11 is 0. The zero-order valence-corrected chi connectivity index (χ0v) is 32.8. The van der Waals surface area contributed by atoms with Gasteiger partial charge in [0.1, 0.15) is 11.2 Å². The molecule has 1 aromatic heterocycles. The van der Waals surface area contributed by atoms with Gasteiger partial charge in [0.05, 0.1) is 5.54 Å². The first-order chi connectivity index (χ1) is 29.1. The minimum Gasteiger partial charge on any atom is -0.455 e. The first-order valence-corrected chi connectivity index (χ1v) is 20.5. The summed E-state index contributed by atoms with van der Waals surface area (Å²) in [6.45, 7) is 2.36. The number of fused-ring (bicyclic) bond motifs is 5. The first-order valence-electron chi connectivity index (χ1n) is 20.5. The van der Waals surface area contributed by atoms with Gasteiger partial charge in [-0.05, 0) is 110 Å². The minimum absolute atomic E-state index is 0.318. The Bertz CT molecular complexity index is 3250. The summed E-state index contributed by atoms with van der Waals surface area (Å²) in [7, 11) is 0. The molecule has 1 atom stereocenters. The van der Waals surface area contributed by atoms with Crippen LogP contribution in [0.25, 0.3) is 82.4 Å². The number of furan rings is 1. The molecule has 0 amide bonds. The van der Waals surface area contributed by atoms with Crippen LogP contribution in [0, 0.1) is 0 Å². The van der Waals surface area contributed by atoms with Crippen molar-refractivity contribution in [3.8, 4) is 33.4 Å². The van der Waals surface area contributed by atoms with Gasteiger partial charge in [-0.25, -0.2) is 0 Å². The Balaban J connectivity index is 0.963. The van der Waals surface area contributed by atoms with E-state index in [-0.39, 0.29) is 5.54 Å². The van der Waals surface area contributed by atoms with Crippen molar-refractivity contribution >= 4 is 60.4 Å². The van der Waals surface area contributed by atoms with Crippen LogP contribution in [-0.4, -0.2) is 5.54 Å². The van der Waals surface area contributed by atoms with Gasteiger partial charge in [-0.1, -0.05) is 182 Å². The Morgan fingerprint density at radius 1 is 0.441 bits per heavy atom. The maximum absolute atomic E-state index is 6.42. The summed E-state index contributed by atoms with van der Waals surface area (Å²) in [6.07, 6.45) is 8.00. The van der Waals surface area contributed by atoms with Crippen molar-refractivity contribution in [1.29, 1.82) is 0 Å². The molecule has 9 aromatic carbocycles. The van der Waals surface area contributed by atoms with Gasteiger partial charge in [0, 0.05) is 27.7 Å². The van der Waals surface area contributed by atoms with Crippen molar-refractivity contribution < 1.29 is 4.42 Å². The quantitative estimate of drug-likeness (QED) is 0.161. The van der Waals surface area contributed by atoms with Crippen LogP contribution in [-0.2, 0) is 0 Å². The predicted molar refractivity (Wildman–Crippen MR) is 250 cm³/mol. The Morgan fingerprint density at radius 2 is 0.983 bits per heavy atom. The average Bonchev–Trinajstić information content (AvgIpc) is 3.69. The lowest BCUT2D eigenvalue weighted by atomic mass is 9.84. The lowest BCUT2D eigenvalue weighted by Gasteiger charge is -2.42. The van der Waals surface area contributed by atoms with Gasteiger partial charge in [0.15, 0.2) is 0 Å². The molecule has 11 rings (SSSR count). The number of rotatable bonds is 7. The van der Waals surface area contributed by atoms with Crippen LogP contribution in [0.15, 0.2) is 223 Å². The summed E-state index contributed by atoms with van der Waals surface area (Å²) in [5.74, 6) is 0. The number of anilines is 2. The monoisotopic (exact) mass is 755 g/mol. The van der Waals surface area contributed by atoms with E-state index in [1.165, 1.54) is 54.9 Å². The molecule has 10 aromatic rings. The molecule has 2 heteroatoms. The Morgan fingerprint density at radius 3 is 1.69 bits per heavy atom. The molecule has 0 fully saturated rings. The van der Waals surface area contributed by atoms with Gasteiger partial charge in [0.2, 0.25) is 0 Å². The zero-order chi connectivity index (χ0) is 39.3. The zero-order valence-electron chi connectivity index (χ0n) is 32.8. The molecule has 1 unspecified atom stereocenters. The lowest BCUT2D eigenvalue weighted by molar-refractivity contribution is 0.571. The fourth-order valence-corrected chi connectivity index (χ4v) is 9.21. The van der Waals surface area contributed by atoms with E-state index in [9.17, 15) is 0 Å². The first kappa shape index (κ1) is 34.8. The molecule has 2 nitrogen and oxygen atoms in total. The maximum Gasteiger partial charge on any atom is 0.143 e. The number of allylic oxidation sites excluding steroid dienone is 2. The highest BCUT2D eigenvalue weighted by atomic mass is 16.3. The van der Waals surface area contributed by atoms with E-state index in [0.29, 0.717) is 0 Å². The molecule has 280 valence electrons. The topological polar surface area (TPSA) is 16.4 Å². The van der Waals surface area contributed by atoms with Crippen molar-refractivity contribution in [3.63, 3.8) is 0 Å². The fraction of sp³-hybridized carbons (Fsp3) is 0.0526. The van der Waals surface area contributed by atoms with Crippen LogP contribution in [0.5, 0.6) is 0 Å². The number of hydrogen-bond acceptors (Lipinski definition) is 2. The largest absolute Gasteiger partial charge is 0.455 e.